The molecule has 0 saturated carbocycles. The molecule has 0 aliphatic carbocycles. The Balaban J connectivity index is 1.43. The van der Waals surface area contributed by atoms with Crippen LogP contribution in [0.2, 0.25) is 0 Å². The number of hydrogen-bond acceptors (Lipinski definition) is 3. The maximum Gasteiger partial charge on any atom is 0.253 e. The minimum absolute atomic E-state index is 0.00378. The van der Waals surface area contributed by atoms with E-state index >= 15 is 0 Å². The highest BCUT2D eigenvalue weighted by atomic mass is 16.2. The van der Waals surface area contributed by atoms with E-state index in [9.17, 15) is 14.4 Å². The average molecular weight is 393 g/mol. The van der Waals surface area contributed by atoms with E-state index in [4.69, 9.17) is 0 Å². The number of nitrogens with zero attached hydrogens (tertiary/aromatic N) is 2. The van der Waals surface area contributed by atoms with Crippen molar-refractivity contribution >= 4 is 17.7 Å². The van der Waals surface area contributed by atoms with Gasteiger partial charge in [-0.1, -0.05) is 49.4 Å². The van der Waals surface area contributed by atoms with Gasteiger partial charge in [0.25, 0.3) is 5.91 Å². The molecule has 3 rings (SSSR count). The Labute approximate surface area is 171 Å². The van der Waals surface area contributed by atoms with Crippen LogP contribution in [0.5, 0.6) is 0 Å². The number of benzene rings is 2. The Kier molecular flexibility index (Phi) is 7.00. The topological polar surface area (TPSA) is 69.7 Å². The Hall–Kier alpha value is -3.15. The van der Waals surface area contributed by atoms with Crippen LogP contribution in [0.1, 0.15) is 28.4 Å². The number of carbonyl (C=O) groups excluding carboxylic acids is 3. The molecule has 1 fully saturated rings. The fourth-order valence-electron chi connectivity index (χ4n) is 3.35. The van der Waals surface area contributed by atoms with E-state index in [1.54, 1.807) is 9.80 Å². The van der Waals surface area contributed by atoms with Crippen LogP contribution < -0.4 is 5.32 Å². The molecule has 0 atom stereocenters. The summed E-state index contributed by atoms with van der Waals surface area (Å²) in [6.07, 6.45) is 1.20. The van der Waals surface area contributed by atoms with E-state index in [2.05, 4.69) is 12.2 Å². The van der Waals surface area contributed by atoms with Crippen molar-refractivity contribution in [2.75, 3.05) is 32.7 Å². The first-order chi connectivity index (χ1) is 14.1. The highest BCUT2D eigenvalue weighted by molar-refractivity contribution is 5.94. The van der Waals surface area contributed by atoms with Gasteiger partial charge in [-0.15, -0.1) is 0 Å². The lowest BCUT2D eigenvalue weighted by atomic mass is 10.1. The molecule has 2 aromatic rings. The normalized spacial score (nSPS) is 13.8. The fraction of sp³-hybridized carbons (Fsp3) is 0.348. The number of piperazine rings is 1. The van der Waals surface area contributed by atoms with Crippen LogP contribution >= 0.6 is 0 Å². The van der Waals surface area contributed by atoms with Gasteiger partial charge in [0.15, 0.2) is 0 Å². The highest BCUT2D eigenvalue weighted by Crippen LogP contribution is 2.11. The molecule has 0 unspecified atom stereocenters. The maximum absolute atomic E-state index is 12.6. The molecule has 6 heteroatoms. The SMILES string of the molecule is CCc1ccc(C(=O)N2CCN(C(=O)CNC(=O)Cc3ccccc3)CC2)cc1. The van der Waals surface area contributed by atoms with Crippen LogP contribution in [-0.4, -0.2) is 60.2 Å². The van der Waals surface area contributed by atoms with Crippen molar-refractivity contribution in [2.24, 2.45) is 0 Å². The third kappa shape index (κ3) is 5.67. The zero-order chi connectivity index (χ0) is 20.6. The third-order valence-electron chi connectivity index (χ3n) is 5.17. The molecule has 0 aromatic heterocycles. The largest absolute Gasteiger partial charge is 0.347 e. The molecular weight excluding hydrogens is 366 g/mol. The van der Waals surface area contributed by atoms with Gasteiger partial charge in [0.1, 0.15) is 0 Å². The van der Waals surface area contributed by atoms with Crippen molar-refractivity contribution in [3.05, 3.63) is 71.3 Å². The molecule has 6 nitrogen and oxygen atoms in total. The first-order valence-electron chi connectivity index (χ1n) is 10.0. The van der Waals surface area contributed by atoms with E-state index in [0.717, 1.165) is 12.0 Å². The molecular formula is C23H27N3O3. The Bertz CT molecular complexity index is 841. The van der Waals surface area contributed by atoms with Gasteiger partial charge < -0.3 is 15.1 Å². The van der Waals surface area contributed by atoms with Gasteiger partial charge in [0.2, 0.25) is 11.8 Å². The van der Waals surface area contributed by atoms with Gasteiger partial charge in [0.05, 0.1) is 13.0 Å². The number of carbonyl (C=O) groups is 3. The second-order valence-electron chi connectivity index (χ2n) is 7.16. The second-order valence-corrected chi connectivity index (χ2v) is 7.16. The molecule has 0 spiro atoms. The summed E-state index contributed by atoms with van der Waals surface area (Å²) < 4.78 is 0. The molecule has 29 heavy (non-hydrogen) atoms. The molecule has 0 radical (unpaired) electrons. The quantitative estimate of drug-likeness (QED) is 0.815. The Morgan fingerprint density at radius 2 is 1.45 bits per heavy atom. The lowest BCUT2D eigenvalue weighted by molar-refractivity contribution is -0.133. The van der Waals surface area contributed by atoms with Gasteiger partial charge in [-0.2, -0.15) is 0 Å². The zero-order valence-electron chi connectivity index (χ0n) is 16.8. The first-order valence-corrected chi connectivity index (χ1v) is 10.0. The molecule has 1 heterocycles. The molecule has 1 aliphatic rings. The van der Waals surface area contributed by atoms with E-state index in [1.165, 1.54) is 5.56 Å². The molecule has 1 N–H and O–H groups in total. The lowest BCUT2D eigenvalue weighted by Crippen LogP contribution is -2.52. The number of rotatable bonds is 6. The van der Waals surface area contributed by atoms with Crippen molar-refractivity contribution in [3.8, 4) is 0 Å². The van der Waals surface area contributed by atoms with Gasteiger partial charge in [-0.05, 0) is 29.7 Å². The summed E-state index contributed by atoms with van der Waals surface area (Å²) in [4.78, 5) is 40.5. The lowest BCUT2D eigenvalue weighted by Gasteiger charge is -2.35. The number of aryl methyl sites for hydroxylation is 1. The zero-order valence-corrected chi connectivity index (χ0v) is 16.8. The van der Waals surface area contributed by atoms with E-state index in [-0.39, 0.29) is 30.7 Å². The Morgan fingerprint density at radius 3 is 2.07 bits per heavy atom. The smallest absolute Gasteiger partial charge is 0.253 e. The van der Waals surface area contributed by atoms with Crippen LogP contribution in [-0.2, 0) is 22.4 Å². The van der Waals surface area contributed by atoms with Crippen molar-refractivity contribution in [1.82, 2.24) is 15.1 Å². The maximum atomic E-state index is 12.6. The van der Waals surface area contributed by atoms with Crippen LogP contribution in [0.25, 0.3) is 0 Å². The van der Waals surface area contributed by atoms with Crippen molar-refractivity contribution in [3.63, 3.8) is 0 Å². The molecule has 1 saturated heterocycles. The molecule has 1 aliphatic heterocycles. The summed E-state index contributed by atoms with van der Waals surface area (Å²) in [7, 11) is 0. The minimum Gasteiger partial charge on any atom is -0.347 e. The predicted molar refractivity (Wildman–Crippen MR) is 111 cm³/mol. The molecule has 3 amide bonds. The third-order valence-corrected chi connectivity index (χ3v) is 5.17. The monoisotopic (exact) mass is 393 g/mol. The Morgan fingerprint density at radius 1 is 0.828 bits per heavy atom. The van der Waals surface area contributed by atoms with Crippen LogP contribution in [0, 0.1) is 0 Å². The summed E-state index contributed by atoms with van der Waals surface area (Å²) in [6.45, 7) is 4.02. The number of amides is 3. The predicted octanol–water partition coefficient (Wildman–Crippen LogP) is 1.89. The van der Waals surface area contributed by atoms with Crippen molar-refractivity contribution in [2.45, 2.75) is 19.8 Å². The summed E-state index contributed by atoms with van der Waals surface area (Å²) in [5.74, 6) is -0.296. The van der Waals surface area contributed by atoms with Gasteiger partial charge >= 0.3 is 0 Å². The van der Waals surface area contributed by atoms with Gasteiger partial charge in [0, 0.05) is 31.7 Å². The number of nitrogens with one attached hydrogen (secondary N) is 1. The molecule has 152 valence electrons. The minimum atomic E-state index is -0.172. The van der Waals surface area contributed by atoms with Gasteiger partial charge in [-0.3, -0.25) is 14.4 Å². The summed E-state index contributed by atoms with van der Waals surface area (Å²) in [5.41, 5.74) is 2.79. The van der Waals surface area contributed by atoms with E-state index in [1.807, 2.05) is 54.6 Å². The molecule has 0 bridgehead atoms. The first kappa shape index (κ1) is 20.6. The summed E-state index contributed by atoms with van der Waals surface area (Å²) in [6, 6.07) is 17.1. The highest BCUT2D eigenvalue weighted by Gasteiger charge is 2.24. The number of hydrogen-bond donors (Lipinski definition) is 1. The van der Waals surface area contributed by atoms with E-state index in [0.29, 0.717) is 31.7 Å². The van der Waals surface area contributed by atoms with Crippen molar-refractivity contribution < 1.29 is 14.4 Å². The van der Waals surface area contributed by atoms with Crippen molar-refractivity contribution in [1.29, 1.82) is 0 Å². The van der Waals surface area contributed by atoms with E-state index < -0.39 is 0 Å². The van der Waals surface area contributed by atoms with Crippen LogP contribution in [0.15, 0.2) is 54.6 Å². The van der Waals surface area contributed by atoms with Crippen LogP contribution in [0.3, 0.4) is 0 Å². The summed E-state index contributed by atoms with van der Waals surface area (Å²) >= 11 is 0. The van der Waals surface area contributed by atoms with Crippen LogP contribution in [0.4, 0.5) is 0 Å². The fourth-order valence-corrected chi connectivity index (χ4v) is 3.35. The standard InChI is InChI=1S/C23H27N3O3/c1-2-18-8-10-20(11-9-18)23(29)26-14-12-25(13-15-26)22(28)17-24-21(27)16-19-6-4-3-5-7-19/h3-11H,2,12-17H2,1H3,(H,24,27). The second kappa shape index (κ2) is 9.87. The summed E-state index contributed by atoms with van der Waals surface area (Å²) in [5, 5.41) is 2.69. The molecule has 2 aromatic carbocycles. The van der Waals surface area contributed by atoms with Gasteiger partial charge in [-0.25, -0.2) is 0 Å². The average Bonchev–Trinajstić information content (AvgIpc) is 2.78.